The molecule has 0 spiro atoms. The number of β-lactam (4-membered cyclic amide) rings is 1. The van der Waals surface area contributed by atoms with Crippen molar-refractivity contribution in [2.24, 2.45) is 11.1 Å². The smallest absolute Gasteiger partial charge is 0.327 e. The molecule has 3 atom stereocenters. The molecule has 0 aromatic heterocycles. The number of methoxy groups -OCH3 is 1. The fraction of sp³-hybridized carbons (Fsp3) is 0.318. The predicted molar refractivity (Wildman–Crippen MR) is 111 cm³/mol. The van der Waals surface area contributed by atoms with E-state index in [1.807, 2.05) is 60.7 Å². The number of ether oxygens (including phenoxy) is 2. The molecule has 4 rings (SSSR count). The van der Waals surface area contributed by atoms with Crippen molar-refractivity contribution in [1.82, 2.24) is 4.90 Å². The van der Waals surface area contributed by atoms with Crippen molar-refractivity contribution in [3.05, 3.63) is 71.8 Å². The molecule has 2 aliphatic heterocycles. The van der Waals surface area contributed by atoms with E-state index in [4.69, 9.17) is 15.2 Å². The van der Waals surface area contributed by atoms with Gasteiger partial charge < -0.3 is 20.1 Å². The number of fused-ring (bicyclic) bond motifs is 1. The number of benzene rings is 2. The number of nitrogens with zero attached hydrogens (tertiary/aromatic N) is 1. The second kappa shape index (κ2) is 8.12. The molecule has 2 fully saturated rings. The second-order valence-electron chi connectivity index (χ2n) is 7.37. The molecule has 2 N–H and O–H groups in total. The summed E-state index contributed by atoms with van der Waals surface area (Å²) < 4.78 is 10.9. The zero-order chi connectivity index (χ0) is 21.3. The van der Waals surface area contributed by atoms with Crippen LogP contribution in [0.3, 0.4) is 0 Å². The predicted octanol–water partition coefficient (Wildman–Crippen LogP) is 1.72. The molecule has 0 aliphatic carbocycles. The number of amides is 1. The Bertz CT molecular complexity index is 915. The van der Waals surface area contributed by atoms with Crippen LogP contribution in [-0.2, 0) is 23.9 Å². The molecule has 156 valence electrons. The lowest BCUT2D eigenvalue weighted by atomic mass is 9.87. The van der Waals surface area contributed by atoms with Gasteiger partial charge in [-0.15, -0.1) is 11.8 Å². The summed E-state index contributed by atoms with van der Waals surface area (Å²) in [5.41, 5.74) is 5.79. The Morgan fingerprint density at radius 2 is 1.63 bits per heavy atom. The van der Waals surface area contributed by atoms with Crippen molar-refractivity contribution in [3.63, 3.8) is 0 Å². The highest BCUT2D eigenvalue weighted by Gasteiger charge is 2.60. The maximum absolute atomic E-state index is 13.4. The third-order valence-corrected chi connectivity index (χ3v) is 7.07. The zero-order valence-electron chi connectivity index (χ0n) is 16.4. The molecular formula is C22H22N2O5S. The first-order chi connectivity index (χ1) is 14.5. The van der Waals surface area contributed by atoms with E-state index in [9.17, 15) is 14.4 Å². The molecule has 0 saturated carbocycles. The topological polar surface area (TPSA) is 98.9 Å². The normalized spacial score (nSPS) is 25.3. The summed E-state index contributed by atoms with van der Waals surface area (Å²) in [6, 6.07) is 18.0. The number of rotatable bonds is 5. The van der Waals surface area contributed by atoms with Crippen LogP contribution in [-0.4, -0.2) is 53.6 Å². The molecular weight excluding hydrogens is 404 g/mol. The van der Waals surface area contributed by atoms with E-state index in [0.29, 0.717) is 0 Å². The van der Waals surface area contributed by atoms with Crippen LogP contribution in [0, 0.1) is 5.41 Å². The van der Waals surface area contributed by atoms with Gasteiger partial charge in [0.2, 0.25) is 5.91 Å². The maximum Gasteiger partial charge on any atom is 0.327 e. The van der Waals surface area contributed by atoms with Crippen LogP contribution in [0.4, 0.5) is 0 Å². The summed E-state index contributed by atoms with van der Waals surface area (Å²) in [6.45, 7) is -0.0982. The summed E-state index contributed by atoms with van der Waals surface area (Å²) in [7, 11) is 1.23. The van der Waals surface area contributed by atoms with E-state index in [1.54, 1.807) is 0 Å². The van der Waals surface area contributed by atoms with Gasteiger partial charge in [-0.2, -0.15) is 0 Å². The number of thioether (sulfide) groups is 1. The first-order valence-electron chi connectivity index (χ1n) is 9.55. The van der Waals surface area contributed by atoms with Crippen molar-refractivity contribution in [3.8, 4) is 0 Å². The summed E-state index contributed by atoms with van der Waals surface area (Å²) >= 11 is 1.30. The first-order valence-corrected chi connectivity index (χ1v) is 10.6. The van der Waals surface area contributed by atoms with E-state index >= 15 is 0 Å². The Balaban J connectivity index is 1.66. The molecule has 0 radical (unpaired) electrons. The average molecular weight is 426 g/mol. The van der Waals surface area contributed by atoms with Gasteiger partial charge in [0.05, 0.1) is 7.11 Å². The number of carbonyl (C=O) groups is 3. The molecule has 2 aromatic rings. The van der Waals surface area contributed by atoms with Crippen molar-refractivity contribution in [1.29, 1.82) is 0 Å². The quantitative estimate of drug-likeness (QED) is 0.442. The van der Waals surface area contributed by atoms with Crippen molar-refractivity contribution >= 4 is 29.6 Å². The van der Waals surface area contributed by atoms with Gasteiger partial charge in [0, 0.05) is 12.3 Å². The molecule has 2 aromatic carbocycles. The van der Waals surface area contributed by atoms with Gasteiger partial charge in [0.15, 0.2) is 11.5 Å². The van der Waals surface area contributed by atoms with Gasteiger partial charge in [-0.25, -0.2) is 0 Å². The van der Waals surface area contributed by atoms with Crippen LogP contribution in [0.2, 0.25) is 0 Å². The Hall–Kier alpha value is -2.84. The monoisotopic (exact) mass is 426 g/mol. The SMILES string of the molecule is COC(=O)C1(C(=O)OC(c2ccccc2)c2ccccc2)CS[C@@H]2C(N)C(=O)N2C1. The molecule has 0 bridgehead atoms. The van der Waals surface area contributed by atoms with Crippen LogP contribution in [0.25, 0.3) is 0 Å². The fourth-order valence-corrected chi connectivity index (χ4v) is 5.27. The Labute approximate surface area is 178 Å². The number of carbonyl (C=O) groups excluding carboxylic acids is 3. The average Bonchev–Trinajstić information content (AvgIpc) is 2.81. The molecule has 7 nitrogen and oxygen atoms in total. The van der Waals surface area contributed by atoms with Crippen molar-refractivity contribution in [2.75, 3.05) is 19.4 Å². The van der Waals surface area contributed by atoms with Gasteiger partial charge >= 0.3 is 11.9 Å². The van der Waals surface area contributed by atoms with Crippen LogP contribution in [0.1, 0.15) is 17.2 Å². The van der Waals surface area contributed by atoms with Crippen LogP contribution >= 0.6 is 11.8 Å². The molecule has 2 saturated heterocycles. The largest absolute Gasteiger partial charge is 0.468 e. The lowest BCUT2D eigenvalue weighted by molar-refractivity contribution is -0.176. The minimum atomic E-state index is -1.60. The Kier molecular flexibility index (Phi) is 5.53. The molecule has 1 amide bonds. The lowest BCUT2D eigenvalue weighted by Gasteiger charge is -2.52. The number of hydrogen-bond acceptors (Lipinski definition) is 7. The van der Waals surface area contributed by atoms with Crippen molar-refractivity contribution < 1.29 is 23.9 Å². The minimum absolute atomic E-state index is 0.0982. The van der Waals surface area contributed by atoms with Crippen LogP contribution in [0.15, 0.2) is 60.7 Å². The fourth-order valence-electron chi connectivity index (χ4n) is 3.81. The van der Waals surface area contributed by atoms with Gasteiger partial charge in [-0.3, -0.25) is 14.4 Å². The summed E-state index contributed by atoms with van der Waals surface area (Å²) in [5, 5.41) is -0.234. The minimum Gasteiger partial charge on any atom is -0.468 e. The van der Waals surface area contributed by atoms with Gasteiger partial charge in [-0.1, -0.05) is 60.7 Å². The number of esters is 2. The highest BCUT2D eigenvalue weighted by molar-refractivity contribution is 8.00. The van der Waals surface area contributed by atoms with E-state index in [2.05, 4.69) is 0 Å². The number of hydrogen-bond donors (Lipinski definition) is 1. The maximum atomic E-state index is 13.4. The first kappa shape index (κ1) is 20.4. The summed E-state index contributed by atoms with van der Waals surface area (Å²) in [5.74, 6) is -1.58. The van der Waals surface area contributed by atoms with E-state index in [0.717, 1.165) is 11.1 Å². The zero-order valence-corrected chi connectivity index (χ0v) is 17.2. The van der Waals surface area contributed by atoms with Gasteiger partial charge in [0.1, 0.15) is 11.4 Å². The highest BCUT2D eigenvalue weighted by Crippen LogP contribution is 2.43. The molecule has 2 aliphatic rings. The Morgan fingerprint density at radius 3 is 2.17 bits per heavy atom. The van der Waals surface area contributed by atoms with E-state index < -0.39 is 29.5 Å². The molecule has 30 heavy (non-hydrogen) atoms. The van der Waals surface area contributed by atoms with Gasteiger partial charge in [-0.05, 0) is 11.1 Å². The molecule has 8 heteroatoms. The second-order valence-corrected chi connectivity index (χ2v) is 8.48. The number of nitrogens with two attached hydrogens (primary N) is 1. The molecule has 2 unspecified atom stereocenters. The summed E-state index contributed by atoms with van der Waals surface area (Å²) in [4.78, 5) is 39.8. The highest BCUT2D eigenvalue weighted by atomic mass is 32.2. The lowest BCUT2D eigenvalue weighted by Crippen LogP contribution is -2.73. The van der Waals surface area contributed by atoms with E-state index in [1.165, 1.54) is 23.8 Å². The molecule has 2 heterocycles. The third-order valence-electron chi connectivity index (χ3n) is 5.52. The standard InChI is InChI=1S/C22H22N2O5S/c1-28-20(26)22(12-24-18(25)16(23)19(24)30-13-22)21(27)29-17(14-8-4-2-5-9-14)15-10-6-3-7-11-15/h2-11,16-17,19H,12-13,23H2,1H3/t16?,19-,22?/m1/s1. The van der Waals surface area contributed by atoms with Crippen LogP contribution in [0.5, 0.6) is 0 Å². The summed E-state index contributed by atoms with van der Waals surface area (Å²) in [6.07, 6.45) is -0.696. The van der Waals surface area contributed by atoms with Crippen LogP contribution < -0.4 is 5.73 Å². The van der Waals surface area contributed by atoms with Crippen molar-refractivity contribution in [2.45, 2.75) is 17.5 Å². The van der Waals surface area contributed by atoms with Gasteiger partial charge in [0.25, 0.3) is 0 Å². The van der Waals surface area contributed by atoms with E-state index in [-0.39, 0.29) is 23.6 Å². The third kappa shape index (κ3) is 3.36. The Morgan fingerprint density at radius 1 is 1.07 bits per heavy atom.